The summed E-state index contributed by atoms with van der Waals surface area (Å²) in [5.41, 5.74) is -0.215. The first-order chi connectivity index (χ1) is 9.57. The van der Waals surface area contributed by atoms with Gasteiger partial charge in [0, 0.05) is 6.54 Å². The van der Waals surface area contributed by atoms with Crippen LogP contribution in [0.2, 0.25) is 0 Å². The van der Waals surface area contributed by atoms with Gasteiger partial charge in [-0.05, 0) is 69.1 Å². The third-order valence-electron chi connectivity index (χ3n) is 6.28. The van der Waals surface area contributed by atoms with Crippen molar-refractivity contribution >= 4 is 11.9 Å². The number of likely N-dealkylation sites (tertiary alicyclic amines) is 1. The Morgan fingerprint density at radius 1 is 1.00 bits per heavy atom. The number of aliphatic carboxylic acids is 1. The van der Waals surface area contributed by atoms with Crippen molar-refractivity contribution in [2.45, 2.75) is 57.4 Å². The van der Waals surface area contributed by atoms with Crippen LogP contribution in [0.15, 0.2) is 0 Å². The zero-order valence-electron chi connectivity index (χ0n) is 11.8. The lowest BCUT2D eigenvalue weighted by Gasteiger charge is -2.56. The second kappa shape index (κ2) is 4.22. The Kier molecular flexibility index (Phi) is 2.67. The van der Waals surface area contributed by atoms with E-state index in [1.54, 1.807) is 4.90 Å². The molecule has 4 saturated carbocycles. The van der Waals surface area contributed by atoms with Crippen LogP contribution in [0.1, 0.15) is 51.4 Å². The lowest BCUT2D eigenvalue weighted by Crippen LogP contribution is -2.57. The van der Waals surface area contributed by atoms with Crippen LogP contribution in [0.5, 0.6) is 0 Å². The van der Waals surface area contributed by atoms with Gasteiger partial charge in [-0.15, -0.1) is 0 Å². The third kappa shape index (κ3) is 1.73. The Morgan fingerprint density at radius 2 is 1.55 bits per heavy atom. The van der Waals surface area contributed by atoms with Gasteiger partial charge in [-0.3, -0.25) is 4.79 Å². The highest BCUT2D eigenvalue weighted by molar-refractivity contribution is 5.88. The number of rotatable bonds is 2. The molecule has 0 aromatic heterocycles. The summed E-state index contributed by atoms with van der Waals surface area (Å²) in [7, 11) is 0. The van der Waals surface area contributed by atoms with Crippen LogP contribution >= 0.6 is 0 Å². The molecule has 1 aliphatic heterocycles. The fourth-order valence-electron chi connectivity index (χ4n) is 5.93. The van der Waals surface area contributed by atoms with Gasteiger partial charge >= 0.3 is 0 Å². The molecule has 4 bridgehead atoms. The van der Waals surface area contributed by atoms with Crippen molar-refractivity contribution in [2.75, 3.05) is 6.54 Å². The molecule has 4 aliphatic carbocycles. The summed E-state index contributed by atoms with van der Waals surface area (Å²) >= 11 is 0. The van der Waals surface area contributed by atoms with E-state index in [0.717, 1.165) is 25.7 Å². The summed E-state index contributed by atoms with van der Waals surface area (Å²) in [6.07, 6.45) is 8.30. The van der Waals surface area contributed by atoms with E-state index in [0.29, 0.717) is 30.7 Å². The fourth-order valence-corrected chi connectivity index (χ4v) is 5.93. The van der Waals surface area contributed by atoms with Crippen molar-refractivity contribution in [3.05, 3.63) is 0 Å². The van der Waals surface area contributed by atoms with Crippen LogP contribution in [0.25, 0.3) is 0 Å². The predicted molar refractivity (Wildman–Crippen MR) is 70.3 cm³/mol. The molecule has 1 saturated heterocycles. The van der Waals surface area contributed by atoms with Gasteiger partial charge in [0.15, 0.2) is 0 Å². The number of hydrogen-bond acceptors (Lipinski definition) is 3. The summed E-state index contributed by atoms with van der Waals surface area (Å²) < 4.78 is 0. The lowest BCUT2D eigenvalue weighted by atomic mass is 9.49. The molecule has 0 aromatic rings. The van der Waals surface area contributed by atoms with E-state index < -0.39 is 12.0 Å². The average Bonchev–Trinajstić information content (AvgIpc) is 2.85. The van der Waals surface area contributed by atoms with E-state index in [1.807, 2.05) is 0 Å². The number of carboxylic acids is 1. The van der Waals surface area contributed by atoms with Gasteiger partial charge in [-0.25, -0.2) is 0 Å². The molecule has 4 heteroatoms. The molecule has 0 unspecified atom stereocenters. The van der Waals surface area contributed by atoms with Gasteiger partial charge in [-0.2, -0.15) is 0 Å². The van der Waals surface area contributed by atoms with Crippen molar-refractivity contribution in [3.8, 4) is 0 Å². The fraction of sp³-hybridized carbons (Fsp3) is 0.875. The smallest absolute Gasteiger partial charge is 0.229 e. The molecule has 1 atom stereocenters. The molecule has 20 heavy (non-hydrogen) atoms. The number of carbonyl (C=O) groups excluding carboxylic acids is 2. The van der Waals surface area contributed by atoms with Gasteiger partial charge in [0.1, 0.15) is 0 Å². The zero-order valence-corrected chi connectivity index (χ0v) is 11.8. The first-order valence-corrected chi connectivity index (χ1v) is 8.09. The molecular formula is C16H22NO3-. The molecule has 1 heterocycles. The van der Waals surface area contributed by atoms with E-state index in [-0.39, 0.29) is 11.3 Å². The molecule has 0 aromatic carbocycles. The first kappa shape index (κ1) is 12.7. The Bertz CT molecular complexity index is 423. The summed E-state index contributed by atoms with van der Waals surface area (Å²) in [5.74, 6) is 1.22. The Labute approximate surface area is 119 Å². The van der Waals surface area contributed by atoms with Crippen molar-refractivity contribution in [1.29, 1.82) is 0 Å². The quantitative estimate of drug-likeness (QED) is 0.754. The van der Waals surface area contributed by atoms with E-state index >= 15 is 0 Å². The molecule has 0 N–H and O–H groups in total. The predicted octanol–water partition coefficient (Wildman–Crippen LogP) is 0.944. The number of carbonyl (C=O) groups is 2. The molecule has 0 radical (unpaired) electrons. The summed E-state index contributed by atoms with van der Waals surface area (Å²) in [6, 6.07) is -0.671. The molecule has 5 aliphatic rings. The topological polar surface area (TPSA) is 60.4 Å². The Morgan fingerprint density at radius 3 is 2.05 bits per heavy atom. The van der Waals surface area contributed by atoms with Gasteiger partial charge in [-0.1, -0.05) is 0 Å². The van der Waals surface area contributed by atoms with Crippen LogP contribution in [-0.2, 0) is 9.59 Å². The molecule has 0 spiro atoms. The number of carboxylic acid groups (broad SMARTS) is 1. The molecule has 1 amide bonds. The third-order valence-corrected chi connectivity index (χ3v) is 6.28. The van der Waals surface area contributed by atoms with Gasteiger partial charge in [0.05, 0.1) is 17.4 Å². The molecule has 4 nitrogen and oxygen atoms in total. The first-order valence-electron chi connectivity index (χ1n) is 8.09. The molecular weight excluding hydrogens is 254 g/mol. The molecule has 5 fully saturated rings. The van der Waals surface area contributed by atoms with Crippen LogP contribution in [0, 0.1) is 23.2 Å². The Hall–Kier alpha value is -1.06. The van der Waals surface area contributed by atoms with Crippen LogP contribution < -0.4 is 5.11 Å². The van der Waals surface area contributed by atoms with Crippen LogP contribution in [0.3, 0.4) is 0 Å². The number of hydrogen-bond donors (Lipinski definition) is 0. The Balaban J connectivity index is 1.60. The normalized spacial score (nSPS) is 45.9. The van der Waals surface area contributed by atoms with E-state index in [9.17, 15) is 14.7 Å². The second-order valence-corrected chi connectivity index (χ2v) is 7.67. The monoisotopic (exact) mass is 276 g/mol. The van der Waals surface area contributed by atoms with E-state index in [1.165, 1.54) is 19.3 Å². The highest BCUT2D eigenvalue weighted by atomic mass is 16.4. The minimum Gasteiger partial charge on any atom is -0.548 e. The van der Waals surface area contributed by atoms with Crippen molar-refractivity contribution in [3.63, 3.8) is 0 Å². The maximum absolute atomic E-state index is 13.0. The van der Waals surface area contributed by atoms with Gasteiger partial charge < -0.3 is 14.8 Å². The van der Waals surface area contributed by atoms with Crippen molar-refractivity contribution < 1.29 is 14.7 Å². The zero-order chi connectivity index (χ0) is 13.9. The number of amides is 1. The van der Waals surface area contributed by atoms with Crippen molar-refractivity contribution in [1.82, 2.24) is 4.90 Å². The summed E-state index contributed by atoms with van der Waals surface area (Å²) in [4.78, 5) is 25.9. The maximum atomic E-state index is 13.0. The minimum absolute atomic E-state index is 0.142. The van der Waals surface area contributed by atoms with Crippen LogP contribution in [-0.4, -0.2) is 29.4 Å². The summed E-state index contributed by atoms with van der Waals surface area (Å²) in [6.45, 7) is 0.610. The van der Waals surface area contributed by atoms with E-state index in [4.69, 9.17) is 0 Å². The summed E-state index contributed by atoms with van der Waals surface area (Å²) in [5, 5.41) is 11.2. The second-order valence-electron chi connectivity index (χ2n) is 7.67. The van der Waals surface area contributed by atoms with Crippen molar-refractivity contribution in [2.24, 2.45) is 23.2 Å². The SMILES string of the molecule is O=C([O-])[C@@H]1CCCN1C(=O)C12CC3CC(CC(C3)C1)C2. The highest BCUT2D eigenvalue weighted by Gasteiger charge is 2.56. The van der Waals surface area contributed by atoms with Crippen LogP contribution in [0.4, 0.5) is 0 Å². The molecule has 5 rings (SSSR count). The number of nitrogens with zero attached hydrogens (tertiary/aromatic N) is 1. The minimum atomic E-state index is -1.07. The maximum Gasteiger partial charge on any atom is 0.229 e. The largest absolute Gasteiger partial charge is 0.548 e. The van der Waals surface area contributed by atoms with Gasteiger partial charge in [0.25, 0.3) is 0 Å². The lowest BCUT2D eigenvalue weighted by molar-refractivity contribution is -0.310. The highest BCUT2D eigenvalue weighted by Crippen LogP contribution is 2.60. The van der Waals surface area contributed by atoms with E-state index in [2.05, 4.69) is 0 Å². The standard InChI is InChI=1S/C16H23NO3/c18-14(19)13-2-1-3-17(13)15(20)16-7-10-4-11(8-16)6-12(5-10)9-16/h10-13H,1-9H2,(H,18,19)/p-1/t10?,11?,12?,13-,16?/m0/s1. The molecule has 110 valence electrons. The van der Waals surface area contributed by atoms with Gasteiger partial charge in [0.2, 0.25) is 5.91 Å². The average molecular weight is 276 g/mol.